The van der Waals surface area contributed by atoms with E-state index in [1.165, 1.54) is 29.0 Å². The van der Waals surface area contributed by atoms with Crippen LogP contribution in [0.15, 0.2) is 63.8 Å². The maximum atomic E-state index is 11.4. The molecule has 0 spiro atoms. The number of hydrogen-bond donors (Lipinski definition) is 2. The summed E-state index contributed by atoms with van der Waals surface area (Å²) in [6, 6.07) is 14.6. The molecule has 1 aromatic heterocycles. The second kappa shape index (κ2) is 9.85. The molecule has 3 aromatic rings. The number of aliphatic imine (C=N–C) groups is 1. The Kier molecular flexibility index (Phi) is 7.53. The second-order valence-corrected chi connectivity index (χ2v) is 12.0. The number of sulfonamides is 1. The quantitative estimate of drug-likeness (QED) is 0.331. The number of nitrogens with zero attached hydrogens (tertiary/aromatic N) is 1. The minimum atomic E-state index is -3.71. The molecule has 174 valence electrons. The van der Waals surface area contributed by atoms with E-state index < -0.39 is 10.0 Å². The van der Waals surface area contributed by atoms with E-state index >= 15 is 0 Å². The molecule has 0 saturated carbocycles. The fourth-order valence-corrected chi connectivity index (χ4v) is 5.07. The molecular weight excluding hydrogens is 472 g/mol. The molecule has 3 N–H and O–H groups in total. The highest BCUT2D eigenvalue weighted by Gasteiger charge is 2.17. The van der Waals surface area contributed by atoms with Crippen molar-refractivity contribution in [3.63, 3.8) is 0 Å². The Morgan fingerprint density at radius 2 is 1.70 bits per heavy atom. The summed E-state index contributed by atoms with van der Waals surface area (Å²) in [5.74, 6) is 0.231. The lowest BCUT2D eigenvalue weighted by atomic mass is 9.86. The predicted octanol–water partition coefficient (Wildman–Crippen LogP) is 5.49. The Bertz CT molecular complexity index is 1280. The van der Waals surface area contributed by atoms with Crippen LogP contribution in [-0.2, 0) is 21.9 Å². The van der Waals surface area contributed by atoms with Crippen molar-refractivity contribution in [3.8, 4) is 16.2 Å². The van der Waals surface area contributed by atoms with Gasteiger partial charge in [0.1, 0.15) is 5.75 Å². The van der Waals surface area contributed by atoms with E-state index in [0.29, 0.717) is 29.1 Å². The summed E-state index contributed by atoms with van der Waals surface area (Å²) in [5, 5.41) is 17.9. The highest BCUT2D eigenvalue weighted by Crippen LogP contribution is 2.39. The van der Waals surface area contributed by atoms with Gasteiger partial charge in [-0.15, -0.1) is 11.3 Å². The molecule has 0 aliphatic heterocycles. The van der Waals surface area contributed by atoms with Crippen molar-refractivity contribution >= 4 is 44.2 Å². The normalized spacial score (nSPS) is 12.7. The van der Waals surface area contributed by atoms with Crippen LogP contribution in [0.4, 0.5) is 0 Å². The monoisotopic (exact) mass is 500 g/mol. The Morgan fingerprint density at radius 1 is 1.09 bits per heavy atom. The average molecular weight is 501 g/mol. The van der Waals surface area contributed by atoms with Gasteiger partial charge in [0.2, 0.25) is 10.0 Å². The third-order valence-electron chi connectivity index (χ3n) is 5.31. The molecule has 1 heterocycles. The van der Waals surface area contributed by atoms with Crippen LogP contribution in [0.5, 0.6) is 5.75 Å². The van der Waals surface area contributed by atoms with Crippen molar-refractivity contribution in [1.82, 2.24) is 0 Å². The molecule has 0 amide bonds. The molecule has 8 heteroatoms. The van der Waals surface area contributed by atoms with Crippen LogP contribution in [0.2, 0.25) is 0 Å². The average Bonchev–Trinajstić information content (AvgIpc) is 3.12. The summed E-state index contributed by atoms with van der Waals surface area (Å²) in [5.41, 5.74) is 4.60. The summed E-state index contributed by atoms with van der Waals surface area (Å²) >= 11 is 6.95. The van der Waals surface area contributed by atoms with Gasteiger partial charge in [0.05, 0.1) is 16.3 Å². The molecule has 0 unspecified atom stereocenters. The standard InChI is InChI=1S/C25H28N2O3S3/c1-16(27-14-20(31)13-17-5-11-21(12-6-17)33(26,29)30)22-15-32-24(23(22)28)18-7-9-19(10-8-18)25(2,3)4/h5-12,15,28H,13-14H2,1-4H3,(H2,26,29,30). The number of primary sulfonamides is 1. The number of nitrogens with two attached hydrogens (primary N) is 1. The van der Waals surface area contributed by atoms with Crippen LogP contribution in [0.3, 0.4) is 0 Å². The van der Waals surface area contributed by atoms with Crippen LogP contribution in [-0.4, -0.2) is 30.6 Å². The largest absolute Gasteiger partial charge is 0.506 e. The summed E-state index contributed by atoms with van der Waals surface area (Å²) in [6.45, 7) is 8.71. The third-order valence-corrected chi connectivity index (χ3v) is 7.53. The van der Waals surface area contributed by atoms with E-state index in [0.717, 1.165) is 16.0 Å². The number of hydrogen-bond acceptors (Lipinski definition) is 6. The van der Waals surface area contributed by atoms with Crippen LogP contribution in [0.25, 0.3) is 10.4 Å². The minimum Gasteiger partial charge on any atom is -0.506 e. The second-order valence-electron chi connectivity index (χ2n) is 8.96. The molecule has 2 aromatic carbocycles. The first-order chi connectivity index (χ1) is 15.4. The molecule has 0 aliphatic carbocycles. The Morgan fingerprint density at radius 3 is 2.24 bits per heavy atom. The predicted molar refractivity (Wildman–Crippen MR) is 141 cm³/mol. The molecule has 5 nitrogen and oxygen atoms in total. The van der Waals surface area contributed by atoms with E-state index in [1.54, 1.807) is 12.1 Å². The van der Waals surface area contributed by atoms with Gasteiger partial charge in [-0.2, -0.15) is 0 Å². The van der Waals surface area contributed by atoms with Crippen LogP contribution in [0, 0.1) is 0 Å². The van der Waals surface area contributed by atoms with Gasteiger partial charge in [0.25, 0.3) is 0 Å². The Labute approximate surface area is 205 Å². The zero-order valence-electron chi connectivity index (χ0n) is 19.1. The van der Waals surface area contributed by atoms with Crippen LogP contribution in [0.1, 0.15) is 44.4 Å². The van der Waals surface area contributed by atoms with Gasteiger partial charge in [0.15, 0.2) is 0 Å². The zero-order valence-corrected chi connectivity index (χ0v) is 21.6. The van der Waals surface area contributed by atoms with Crippen molar-refractivity contribution in [2.45, 2.75) is 44.4 Å². The van der Waals surface area contributed by atoms with E-state index in [1.807, 2.05) is 24.4 Å². The summed E-state index contributed by atoms with van der Waals surface area (Å²) in [4.78, 5) is 6.17. The first-order valence-corrected chi connectivity index (χ1v) is 13.3. The van der Waals surface area contributed by atoms with Crippen molar-refractivity contribution in [1.29, 1.82) is 0 Å². The summed E-state index contributed by atoms with van der Waals surface area (Å²) < 4.78 is 22.7. The maximum Gasteiger partial charge on any atom is 0.238 e. The molecule has 0 aliphatic rings. The Hall–Kier alpha value is -2.39. The third kappa shape index (κ3) is 6.35. The van der Waals surface area contributed by atoms with Crippen LogP contribution >= 0.6 is 23.6 Å². The number of rotatable bonds is 7. The van der Waals surface area contributed by atoms with Crippen molar-refractivity contribution in [2.75, 3.05) is 6.54 Å². The molecule has 0 fully saturated rings. The van der Waals surface area contributed by atoms with Crippen LogP contribution < -0.4 is 5.14 Å². The van der Waals surface area contributed by atoms with Crippen molar-refractivity contribution in [3.05, 3.63) is 70.6 Å². The first kappa shape index (κ1) is 25.2. The van der Waals surface area contributed by atoms with E-state index in [4.69, 9.17) is 17.4 Å². The molecule has 3 rings (SSSR count). The smallest absolute Gasteiger partial charge is 0.238 e. The van der Waals surface area contributed by atoms with Crippen molar-refractivity contribution in [2.24, 2.45) is 10.1 Å². The van der Waals surface area contributed by atoms with Gasteiger partial charge in [-0.3, -0.25) is 4.99 Å². The van der Waals surface area contributed by atoms with Gasteiger partial charge in [-0.05, 0) is 41.2 Å². The summed E-state index contributed by atoms with van der Waals surface area (Å²) in [7, 11) is -3.71. The lowest BCUT2D eigenvalue weighted by Crippen LogP contribution is -2.12. The molecule has 33 heavy (non-hydrogen) atoms. The Balaban J connectivity index is 1.69. The summed E-state index contributed by atoms with van der Waals surface area (Å²) in [6.07, 6.45) is 0.498. The topological polar surface area (TPSA) is 92.8 Å². The van der Waals surface area contributed by atoms with Gasteiger partial charge in [-0.25, -0.2) is 13.6 Å². The molecular formula is C25H28N2O3S3. The highest BCUT2D eigenvalue weighted by atomic mass is 32.2. The minimum absolute atomic E-state index is 0.0721. The first-order valence-electron chi connectivity index (χ1n) is 10.4. The van der Waals surface area contributed by atoms with E-state index in [-0.39, 0.29) is 16.1 Å². The maximum absolute atomic E-state index is 11.4. The zero-order chi connectivity index (χ0) is 24.4. The molecule has 0 bridgehead atoms. The fourth-order valence-electron chi connectivity index (χ4n) is 3.31. The number of benzene rings is 2. The molecule has 0 radical (unpaired) electrons. The van der Waals surface area contributed by atoms with Gasteiger partial charge < -0.3 is 5.11 Å². The van der Waals surface area contributed by atoms with E-state index in [2.05, 4.69) is 37.9 Å². The number of thiocarbonyl (C=S) groups is 1. The molecule has 0 saturated heterocycles. The van der Waals surface area contributed by atoms with Gasteiger partial charge in [0, 0.05) is 27.9 Å². The lowest BCUT2D eigenvalue weighted by Gasteiger charge is -2.19. The fraction of sp³-hybridized carbons (Fsp3) is 0.280. The van der Waals surface area contributed by atoms with E-state index in [9.17, 15) is 13.5 Å². The molecule has 0 atom stereocenters. The number of thiophene rings is 1. The lowest BCUT2D eigenvalue weighted by molar-refractivity contribution is 0.478. The van der Waals surface area contributed by atoms with Gasteiger partial charge in [-0.1, -0.05) is 69.4 Å². The highest BCUT2D eigenvalue weighted by molar-refractivity contribution is 7.89. The number of aromatic hydroxyl groups is 1. The van der Waals surface area contributed by atoms with Gasteiger partial charge >= 0.3 is 0 Å². The SMILES string of the molecule is CC(=NCC(=S)Cc1ccc(S(N)(=O)=O)cc1)c1csc(-c2ccc(C(C)(C)C)cc2)c1O. The van der Waals surface area contributed by atoms with Crippen molar-refractivity contribution < 1.29 is 13.5 Å².